The van der Waals surface area contributed by atoms with Gasteiger partial charge in [0.25, 0.3) is 0 Å². The topological polar surface area (TPSA) is 12.0 Å². The average molecular weight is 265 g/mol. The lowest BCUT2D eigenvalue weighted by molar-refractivity contribution is 0.575. The van der Waals surface area contributed by atoms with E-state index in [4.69, 9.17) is 0 Å². The highest BCUT2D eigenvalue weighted by Crippen LogP contribution is 2.28. The number of hydrogen-bond acceptors (Lipinski definition) is 2. The fourth-order valence-electron chi connectivity index (χ4n) is 1.81. The summed E-state index contributed by atoms with van der Waals surface area (Å²) in [5.74, 6) is 1.13. The van der Waals surface area contributed by atoms with Crippen LogP contribution in [0, 0.1) is 6.92 Å². The number of benzene rings is 1. The van der Waals surface area contributed by atoms with Crippen LogP contribution in [0.4, 0.5) is 0 Å². The predicted octanol–water partition coefficient (Wildman–Crippen LogP) is 4.57. The largest absolute Gasteiger partial charge is 0.309 e. The van der Waals surface area contributed by atoms with Crippen molar-refractivity contribution in [3.05, 3.63) is 35.4 Å². The van der Waals surface area contributed by atoms with Gasteiger partial charge < -0.3 is 5.32 Å². The fourth-order valence-corrected chi connectivity index (χ4v) is 2.79. The Labute approximate surface area is 117 Å². The van der Waals surface area contributed by atoms with E-state index in [-0.39, 0.29) is 0 Å². The van der Waals surface area contributed by atoms with Gasteiger partial charge in [-0.25, -0.2) is 0 Å². The lowest BCUT2D eigenvalue weighted by Crippen LogP contribution is -2.26. The van der Waals surface area contributed by atoms with Crippen LogP contribution in [0.3, 0.4) is 0 Å². The molecule has 0 radical (unpaired) electrons. The first-order valence-electron chi connectivity index (χ1n) is 6.86. The van der Waals surface area contributed by atoms with Gasteiger partial charge in [-0.2, -0.15) is 11.8 Å². The predicted molar refractivity (Wildman–Crippen MR) is 84.4 cm³/mol. The summed E-state index contributed by atoms with van der Waals surface area (Å²) >= 11 is 2.03. The molecule has 0 aliphatic carbocycles. The molecule has 0 aliphatic heterocycles. The molecule has 1 atom stereocenters. The fraction of sp³-hybridized carbons (Fsp3) is 0.625. The molecule has 1 aromatic rings. The molecule has 0 saturated carbocycles. The molecular weight excluding hydrogens is 238 g/mol. The molecule has 0 bridgehead atoms. The molecule has 0 heterocycles. The van der Waals surface area contributed by atoms with Crippen LogP contribution in [0.25, 0.3) is 0 Å². The Kier molecular flexibility index (Phi) is 6.24. The van der Waals surface area contributed by atoms with Crippen LogP contribution in [-0.2, 0) is 0 Å². The normalized spacial score (nSPS) is 13.6. The third-order valence-corrected chi connectivity index (χ3v) is 4.13. The van der Waals surface area contributed by atoms with Crippen LogP contribution >= 0.6 is 11.8 Å². The zero-order chi connectivity index (χ0) is 13.6. The highest BCUT2D eigenvalue weighted by Gasteiger charge is 2.16. The molecule has 0 spiro atoms. The molecule has 18 heavy (non-hydrogen) atoms. The lowest BCUT2D eigenvalue weighted by Gasteiger charge is -2.24. The van der Waals surface area contributed by atoms with Gasteiger partial charge >= 0.3 is 0 Å². The second-order valence-corrected chi connectivity index (χ2v) is 7.69. The molecule has 1 unspecified atom stereocenters. The minimum Gasteiger partial charge on any atom is -0.309 e. The van der Waals surface area contributed by atoms with Gasteiger partial charge in [-0.15, -0.1) is 0 Å². The first kappa shape index (κ1) is 15.6. The highest BCUT2D eigenvalue weighted by molar-refractivity contribution is 8.00. The van der Waals surface area contributed by atoms with E-state index in [1.807, 2.05) is 11.8 Å². The molecular formula is C16H27NS. The van der Waals surface area contributed by atoms with Crippen molar-refractivity contribution >= 4 is 11.8 Å². The van der Waals surface area contributed by atoms with Crippen LogP contribution in [-0.4, -0.2) is 17.0 Å². The van der Waals surface area contributed by atoms with Gasteiger partial charge in [0, 0.05) is 16.5 Å². The molecule has 0 aliphatic rings. The lowest BCUT2D eigenvalue weighted by atomic mass is 10.1. The third kappa shape index (κ3) is 5.92. The second-order valence-electron chi connectivity index (χ2n) is 5.84. The standard InChI is InChI=1S/C16H27NS/c1-6-10-17-15(12-18-16(3,4)5)14-9-7-8-13(2)11-14/h7-9,11,15,17H,6,10,12H2,1-5H3. The van der Waals surface area contributed by atoms with E-state index in [0.29, 0.717) is 10.8 Å². The molecule has 1 aromatic carbocycles. The number of nitrogens with one attached hydrogen (secondary N) is 1. The van der Waals surface area contributed by atoms with Crippen molar-refractivity contribution in [2.75, 3.05) is 12.3 Å². The number of aryl methyl sites for hydroxylation is 1. The summed E-state index contributed by atoms with van der Waals surface area (Å²) in [6, 6.07) is 9.33. The molecule has 1 rings (SSSR count). The molecule has 102 valence electrons. The number of hydrogen-bond donors (Lipinski definition) is 1. The van der Waals surface area contributed by atoms with Crippen LogP contribution in [0.2, 0.25) is 0 Å². The van der Waals surface area contributed by atoms with E-state index in [1.54, 1.807) is 0 Å². The van der Waals surface area contributed by atoms with Crippen molar-refractivity contribution in [2.24, 2.45) is 0 Å². The number of thioether (sulfide) groups is 1. The average Bonchev–Trinajstić information content (AvgIpc) is 2.28. The Morgan fingerprint density at radius 2 is 2.00 bits per heavy atom. The highest BCUT2D eigenvalue weighted by atomic mass is 32.2. The summed E-state index contributed by atoms with van der Waals surface area (Å²) in [6.45, 7) is 12.3. The second kappa shape index (κ2) is 7.20. The van der Waals surface area contributed by atoms with Crippen LogP contribution in [0.15, 0.2) is 24.3 Å². The quantitative estimate of drug-likeness (QED) is 0.809. The van der Waals surface area contributed by atoms with Crippen molar-refractivity contribution < 1.29 is 0 Å². The summed E-state index contributed by atoms with van der Waals surface area (Å²) in [5, 5.41) is 3.66. The van der Waals surface area contributed by atoms with Gasteiger partial charge in [0.15, 0.2) is 0 Å². The van der Waals surface area contributed by atoms with Crippen LogP contribution in [0.5, 0.6) is 0 Å². The maximum atomic E-state index is 3.66. The van der Waals surface area contributed by atoms with Gasteiger partial charge in [0.05, 0.1) is 0 Å². The SMILES string of the molecule is CCCNC(CSC(C)(C)C)c1cccc(C)c1. The van der Waals surface area contributed by atoms with Gasteiger partial charge in [-0.1, -0.05) is 57.5 Å². The Morgan fingerprint density at radius 3 is 2.56 bits per heavy atom. The first-order chi connectivity index (χ1) is 8.42. The van der Waals surface area contributed by atoms with E-state index < -0.39 is 0 Å². The zero-order valence-corrected chi connectivity index (χ0v) is 13.2. The Hall–Kier alpha value is -0.470. The Morgan fingerprint density at radius 1 is 1.28 bits per heavy atom. The minimum atomic E-state index is 0.329. The summed E-state index contributed by atoms with van der Waals surface area (Å²) in [7, 11) is 0. The van der Waals surface area contributed by atoms with Crippen LogP contribution in [0.1, 0.15) is 51.3 Å². The first-order valence-corrected chi connectivity index (χ1v) is 7.85. The van der Waals surface area contributed by atoms with Crippen molar-refractivity contribution in [3.63, 3.8) is 0 Å². The van der Waals surface area contributed by atoms with Gasteiger partial charge in [0.1, 0.15) is 0 Å². The maximum absolute atomic E-state index is 3.66. The zero-order valence-electron chi connectivity index (χ0n) is 12.4. The van der Waals surface area contributed by atoms with E-state index in [9.17, 15) is 0 Å². The van der Waals surface area contributed by atoms with Gasteiger partial charge in [-0.05, 0) is 25.5 Å². The smallest absolute Gasteiger partial charge is 0.0412 e. The summed E-state index contributed by atoms with van der Waals surface area (Å²) in [4.78, 5) is 0. The molecule has 0 amide bonds. The molecule has 0 aromatic heterocycles. The summed E-state index contributed by atoms with van der Waals surface area (Å²) in [5.41, 5.74) is 2.76. The third-order valence-electron chi connectivity index (χ3n) is 2.77. The minimum absolute atomic E-state index is 0.329. The maximum Gasteiger partial charge on any atom is 0.0412 e. The summed E-state index contributed by atoms with van der Waals surface area (Å²) < 4.78 is 0.329. The Bertz CT molecular complexity index is 354. The van der Waals surface area contributed by atoms with E-state index >= 15 is 0 Å². The molecule has 1 nitrogen and oxygen atoms in total. The van der Waals surface area contributed by atoms with Crippen molar-refractivity contribution in [3.8, 4) is 0 Å². The monoisotopic (exact) mass is 265 g/mol. The number of rotatable bonds is 6. The molecule has 1 N–H and O–H groups in total. The molecule has 0 fully saturated rings. The Balaban J connectivity index is 2.71. The molecule has 2 heteroatoms. The van der Waals surface area contributed by atoms with E-state index in [1.165, 1.54) is 17.5 Å². The summed E-state index contributed by atoms with van der Waals surface area (Å²) in [6.07, 6.45) is 1.18. The van der Waals surface area contributed by atoms with Crippen molar-refractivity contribution in [1.29, 1.82) is 0 Å². The van der Waals surface area contributed by atoms with E-state index in [2.05, 4.69) is 64.2 Å². The van der Waals surface area contributed by atoms with Crippen molar-refractivity contribution in [2.45, 2.75) is 51.8 Å². The van der Waals surface area contributed by atoms with Gasteiger partial charge in [0.2, 0.25) is 0 Å². The van der Waals surface area contributed by atoms with Gasteiger partial charge in [-0.3, -0.25) is 0 Å². The molecule has 0 saturated heterocycles. The van der Waals surface area contributed by atoms with Crippen molar-refractivity contribution in [1.82, 2.24) is 5.32 Å². The van der Waals surface area contributed by atoms with E-state index in [0.717, 1.165) is 12.3 Å². The van der Waals surface area contributed by atoms with Crippen LogP contribution < -0.4 is 5.32 Å².